The van der Waals surface area contributed by atoms with Crippen molar-refractivity contribution in [2.24, 2.45) is 0 Å². The van der Waals surface area contributed by atoms with E-state index in [1.54, 1.807) is 37.4 Å². The maximum absolute atomic E-state index is 13.4. The summed E-state index contributed by atoms with van der Waals surface area (Å²) in [6, 6.07) is 20.9. The van der Waals surface area contributed by atoms with Gasteiger partial charge in [-0.2, -0.15) is 0 Å². The molecule has 1 aromatic heterocycles. The quantitative estimate of drug-likeness (QED) is 0.511. The molecule has 5 rings (SSSR count). The molecule has 1 aliphatic rings. The summed E-state index contributed by atoms with van der Waals surface area (Å²) < 4.78 is 30.4. The lowest BCUT2D eigenvalue weighted by Crippen LogP contribution is -2.35. The Balaban J connectivity index is 1.42. The Kier molecular flexibility index (Phi) is 4.92. The van der Waals surface area contributed by atoms with Crippen LogP contribution in [0.3, 0.4) is 0 Å². The van der Waals surface area contributed by atoms with Gasteiger partial charge in [-0.1, -0.05) is 6.07 Å². The van der Waals surface area contributed by atoms with Crippen LogP contribution < -0.4 is 14.2 Å². The van der Waals surface area contributed by atoms with Gasteiger partial charge < -0.3 is 19.3 Å². The maximum Gasteiger partial charge on any atom is 0.163 e. The van der Waals surface area contributed by atoms with Crippen molar-refractivity contribution in [2.75, 3.05) is 13.7 Å². The predicted octanol–water partition coefficient (Wildman–Crippen LogP) is 4.92. The van der Waals surface area contributed by atoms with Crippen molar-refractivity contribution in [3.63, 3.8) is 0 Å². The lowest BCUT2D eigenvalue weighted by molar-refractivity contribution is -0.0102. The molecule has 3 aromatic carbocycles. The summed E-state index contributed by atoms with van der Waals surface area (Å²) in [6.45, 7) is 0.235. The van der Waals surface area contributed by atoms with E-state index in [0.29, 0.717) is 22.6 Å². The summed E-state index contributed by atoms with van der Waals surface area (Å²) in [4.78, 5) is 4.63. The minimum Gasteiger partial charge on any atom is -0.497 e. The van der Waals surface area contributed by atoms with Gasteiger partial charge in [-0.15, -0.1) is 0 Å². The molecule has 1 N–H and O–H groups in total. The lowest BCUT2D eigenvalue weighted by Gasteiger charge is -2.31. The highest BCUT2D eigenvalue weighted by Crippen LogP contribution is 2.37. The van der Waals surface area contributed by atoms with Crippen molar-refractivity contribution in [2.45, 2.75) is 12.2 Å². The van der Waals surface area contributed by atoms with Crippen LogP contribution >= 0.6 is 0 Å². The number of aromatic nitrogens is 1. The standard InChI is InChI=1S/C25H20FNO4/c1-29-18-5-7-19(8-6-18)31-24-14-30-23-11-3-16(13-20(23)25(24)28)21-9-2-15-12-17(26)4-10-22(15)27-21/h2-13,24-25,28H,14H2,1H3/t24-,25+/m0/s1. The van der Waals surface area contributed by atoms with Gasteiger partial charge in [-0.05, 0) is 66.7 Å². The third-order valence-corrected chi connectivity index (χ3v) is 5.38. The van der Waals surface area contributed by atoms with Crippen LogP contribution in [-0.4, -0.2) is 29.9 Å². The van der Waals surface area contributed by atoms with Gasteiger partial charge in [0.05, 0.1) is 18.3 Å². The number of aliphatic hydroxyl groups excluding tert-OH is 1. The number of pyridine rings is 1. The van der Waals surface area contributed by atoms with E-state index in [0.717, 1.165) is 22.4 Å². The smallest absolute Gasteiger partial charge is 0.163 e. The van der Waals surface area contributed by atoms with Gasteiger partial charge in [-0.3, -0.25) is 0 Å². The Bertz CT molecular complexity index is 1240. The number of hydrogen-bond donors (Lipinski definition) is 1. The molecular weight excluding hydrogens is 397 g/mol. The van der Waals surface area contributed by atoms with Crippen LogP contribution in [0.15, 0.2) is 72.8 Å². The van der Waals surface area contributed by atoms with Crippen molar-refractivity contribution in [1.29, 1.82) is 0 Å². The summed E-state index contributed by atoms with van der Waals surface area (Å²) in [5, 5.41) is 11.7. The molecule has 0 fully saturated rings. The molecule has 0 bridgehead atoms. The van der Waals surface area contributed by atoms with E-state index in [9.17, 15) is 9.50 Å². The largest absolute Gasteiger partial charge is 0.497 e. The van der Waals surface area contributed by atoms with Gasteiger partial charge >= 0.3 is 0 Å². The SMILES string of the molecule is COc1ccc(O[C@H]2COc3ccc(-c4ccc5cc(F)ccc5n4)cc3[C@H]2O)cc1. The number of fused-ring (bicyclic) bond motifs is 2. The number of nitrogens with zero attached hydrogens (tertiary/aromatic N) is 1. The number of aliphatic hydroxyl groups is 1. The fraction of sp³-hybridized carbons (Fsp3) is 0.160. The highest BCUT2D eigenvalue weighted by molar-refractivity contribution is 5.81. The molecule has 1 aliphatic heterocycles. The van der Waals surface area contributed by atoms with E-state index in [1.807, 2.05) is 30.3 Å². The lowest BCUT2D eigenvalue weighted by atomic mass is 9.97. The van der Waals surface area contributed by atoms with Crippen molar-refractivity contribution in [1.82, 2.24) is 4.98 Å². The maximum atomic E-state index is 13.4. The number of benzene rings is 3. The van der Waals surface area contributed by atoms with E-state index in [4.69, 9.17) is 14.2 Å². The van der Waals surface area contributed by atoms with Crippen LogP contribution in [-0.2, 0) is 0 Å². The first kappa shape index (κ1) is 19.3. The van der Waals surface area contributed by atoms with E-state index < -0.39 is 12.2 Å². The molecule has 0 saturated heterocycles. The Labute approximate surface area is 178 Å². The molecule has 156 valence electrons. The fourth-order valence-electron chi connectivity index (χ4n) is 3.72. The van der Waals surface area contributed by atoms with Crippen molar-refractivity contribution in [3.05, 3.63) is 84.2 Å². The van der Waals surface area contributed by atoms with Crippen LogP contribution in [0.2, 0.25) is 0 Å². The summed E-state index contributed by atoms with van der Waals surface area (Å²) in [7, 11) is 1.60. The molecule has 0 saturated carbocycles. The number of halogens is 1. The summed E-state index contributed by atoms with van der Waals surface area (Å²) in [5.74, 6) is 1.68. The molecule has 0 aliphatic carbocycles. The van der Waals surface area contributed by atoms with Crippen LogP contribution in [0.5, 0.6) is 17.2 Å². The second kappa shape index (κ2) is 7.89. The third-order valence-electron chi connectivity index (χ3n) is 5.38. The number of methoxy groups -OCH3 is 1. The second-order valence-electron chi connectivity index (χ2n) is 7.37. The zero-order chi connectivity index (χ0) is 21.4. The number of ether oxygens (including phenoxy) is 3. The zero-order valence-corrected chi connectivity index (χ0v) is 16.8. The molecule has 2 atom stereocenters. The summed E-state index contributed by atoms with van der Waals surface area (Å²) in [5.41, 5.74) is 2.91. The van der Waals surface area contributed by atoms with E-state index in [2.05, 4.69) is 4.98 Å². The van der Waals surface area contributed by atoms with Crippen molar-refractivity contribution in [3.8, 4) is 28.5 Å². The molecule has 4 aromatic rings. The molecule has 0 amide bonds. The highest BCUT2D eigenvalue weighted by Gasteiger charge is 2.31. The second-order valence-corrected chi connectivity index (χ2v) is 7.37. The average Bonchev–Trinajstić information content (AvgIpc) is 2.81. The normalized spacial score (nSPS) is 17.6. The Morgan fingerprint density at radius 2 is 1.77 bits per heavy atom. The molecule has 0 spiro atoms. The van der Waals surface area contributed by atoms with Gasteiger partial charge in [0.1, 0.15) is 35.8 Å². The van der Waals surface area contributed by atoms with E-state index in [1.165, 1.54) is 12.1 Å². The first-order valence-electron chi connectivity index (χ1n) is 9.93. The highest BCUT2D eigenvalue weighted by atomic mass is 19.1. The minimum absolute atomic E-state index is 0.235. The van der Waals surface area contributed by atoms with E-state index in [-0.39, 0.29) is 12.4 Å². The van der Waals surface area contributed by atoms with Crippen LogP contribution in [0.4, 0.5) is 4.39 Å². The number of hydrogen-bond acceptors (Lipinski definition) is 5. The first-order valence-corrected chi connectivity index (χ1v) is 9.93. The molecular formula is C25H20FNO4. The number of rotatable bonds is 4. The monoisotopic (exact) mass is 417 g/mol. The molecule has 5 nitrogen and oxygen atoms in total. The van der Waals surface area contributed by atoms with Crippen molar-refractivity contribution < 1.29 is 23.7 Å². The summed E-state index contributed by atoms with van der Waals surface area (Å²) >= 11 is 0. The third kappa shape index (κ3) is 3.78. The first-order chi connectivity index (χ1) is 15.1. The van der Waals surface area contributed by atoms with Crippen LogP contribution in [0.25, 0.3) is 22.2 Å². The van der Waals surface area contributed by atoms with Gasteiger partial charge in [0, 0.05) is 16.5 Å². The molecule has 0 unspecified atom stereocenters. The fourth-order valence-corrected chi connectivity index (χ4v) is 3.72. The van der Waals surface area contributed by atoms with Crippen LogP contribution in [0, 0.1) is 5.82 Å². The molecule has 2 heterocycles. The topological polar surface area (TPSA) is 60.8 Å². The Morgan fingerprint density at radius 1 is 0.968 bits per heavy atom. The predicted molar refractivity (Wildman–Crippen MR) is 115 cm³/mol. The Morgan fingerprint density at radius 3 is 2.58 bits per heavy atom. The van der Waals surface area contributed by atoms with Gasteiger partial charge in [0.25, 0.3) is 0 Å². The van der Waals surface area contributed by atoms with Gasteiger partial charge in [0.2, 0.25) is 0 Å². The van der Waals surface area contributed by atoms with Gasteiger partial charge in [0.15, 0.2) is 6.10 Å². The van der Waals surface area contributed by atoms with Gasteiger partial charge in [-0.25, -0.2) is 9.37 Å². The van der Waals surface area contributed by atoms with E-state index >= 15 is 0 Å². The Hall–Kier alpha value is -3.64. The molecule has 0 radical (unpaired) electrons. The minimum atomic E-state index is -0.861. The molecule has 6 heteroatoms. The van der Waals surface area contributed by atoms with Crippen molar-refractivity contribution >= 4 is 10.9 Å². The average molecular weight is 417 g/mol. The van der Waals surface area contributed by atoms with Crippen LogP contribution in [0.1, 0.15) is 11.7 Å². The molecule has 31 heavy (non-hydrogen) atoms. The summed E-state index contributed by atoms with van der Waals surface area (Å²) in [6.07, 6.45) is -1.41. The zero-order valence-electron chi connectivity index (χ0n) is 16.8.